The molecule has 0 fully saturated rings. The summed E-state index contributed by atoms with van der Waals surface area (Å²) in [6, 6.07) is 9.60. The van der Waals surface area contributed by atoms with Crippen molar-refractivity contribution < 1.29 is 4.42 Å². The summed E-state index contributed by atoms with van der Waals surface area (Å²) in [6.45, 7) is 0.635. The molecule has 3 rings (SSSR count). The first-order valence-electron chi connectivity index (χ1n) is 6.01. The Morgan fingerprint density at radius 2 is 2.11 bits per heavy atom. The molecule has 0 radical (unpaired) electrons. The molecule has 2 aromatic heterocycles. The number of aryl methyl sites for hydroxylation is 1. The van der Waals surface area contributed by atoms with Gasteiger partial charge in [0.25, 0.3) is 0 Å². The highest BCUT2D eigenvalue weighted by Crippen LogP contribution is 2.25. The monoisotopic (exact) mass is 294 g/mol. The van der Waals surface area contributed by atoms with E-state index in [1.165, 1.54) is 0 Å². The third-order valence-electron chi connectivity index (χ3n) is 3.02. The average molecular weight is 295 g/mol. The Bertz CT molecular complexity index is 689. The van der Waals surface area contributed by atoms with Crippen LogP contribution in [0.2, 0.25) is 5.02 Å². The van der Waals surface area contributed by atoms with Crippen molar-refractivity contribution in [1.29, 1.82) is 0 Å². The highest BCUT2D eigenvalue weighted by molar-refractivity contribution is 6.34. The normalized spacial score (nSPS) is 11.3. The fourth-order valence-electron chi connectivity index (χ4n) is 2.17. The summed E-state index contributed by atoms with van der Waals surface area (Å²) in [5.74, 6) is 2.34. The largest absolute Gasteiger partial charge is 0.467 e. The van der Waals surface area contributed by atoms with E-state index in [2.05, 4.69) is 9.55 Å². The smallest absolute Gasteiger partial charge is 0.123 e. The topological polar surface area (TPSA) is 31.0 Å². The van der Waals surface area contributed by atoms with Crippen molar-refractivity contribution in [3.63, 3.8) is 0 Å². The van der Waals surface area contributed by atoms with E-state index in [1.807, 2.05) is 30.3 Å². The third-order valence-corrected chi connectivity index (χ3v) is 3.51. The van der Waals surface area contributed by atoms with Crippen LogP contribution < -0.4 is 0 Å². The van der Waals surface area contributed by atoms with Gasteiger partial charge in [-0.15, -0.1) is 11.6 Å². The molecule has 2 heterocycles. The number of fused-ring (bicyclic) bond motifs is 1. The van der Waals surface area contributed by atoms with E-state index in [0.717, 1.165) is 22.6 Å². The fraction of sp³-hybridized carbons (Fsp3) is 0.214. The summed E-state index contributed by atoms with van der Waals surface area (Å²) < 4.78 is 7.50. The quantitative estimate of drug-likeness (QED) is 0.678. The SMILES string of the molecule is ClCCc1nc2c(Cl)cccc2n1Cc1ccco1. The van der Waals surface area contributed by atoms with Gasteiger partial charge in [-0.2, -0.15) is 0 Å². The molecule has 3 nitrogen and oxygen atoms in total. The van der Waals surface area contributed by atoms with Crippen molar-refractivity contribution in [3.05, 3.63) is 53.2 Å². The van der Waals surface area contributed by atoms with Crippen molar-refractivity contribution >= 4 is 34.2 Å². The van der Waals surface area contributed by atoms with Crippen LogP contribution in [0.25, 0.3) is 11.0 Å². The number of aromatic nitrogens is 2. The van der Waals surface area contributed by atoms with E-state index in [0.29, 0.717) is 23.9 Å². The van der Waals surface area contributed by atoms with Gasteiger partial charge in [-0.3, -0.25) is 0 Å². The second kappa shape index (κ2) is 5.27. The Morgan fingerprint density at radius 3 is 2.84 bits per heavy atom. The van der Waals surface area contributed by atoms with Crippen LogP contribution in [0.4, 0.5) is 0 Å². The number of hydrogen-bond acceptors (Lipinski definition) is 2. The molecule has 19 heavy (non-hydrogen) atoms. The number of alkyl halides is 1. The molecule has 0 unspecified atom stereocenters. The maximum Gasteiger partial charge on any atom is 0.123 e. The lowest BCUT2D eigenvalue weighted by molar-refractivity contribution is 0.492. The number of imidazole rings is 1. The Kier molecular flexibility index (Phi) is 3.49. The number of para-hydroxylation sites is 1. The van der Waals surface area contributed by atoms with Crippen molar-refractivity contribution in [2.75, 3.05) is 5.88 Å². The Balaban J connectivity index is 2.13. The van der Waals surface area contributed by atoms with Gasteiger partial charge in [-0.1, -0.05) is 17.7 Å². The van der Waals surface area contributed by atoms with Crippen LogP contribution in [-0.4, -0.2) is 15.4 Å². The van der Waals surface area contributed by atoms with E-state index >= 15 is 0 Å². The molecule has 0 amide bonds. The van der Waals surface area contributed by atoms with Gasteiger partial charge in [-0.25, -0.2) is 4.98 Å². The standard InChI is InChI=1S/C14H12Cl2N2O/c15-7-6-13-17-14-11(16)4-1-5-12(14)18(13)9-10-3-2-8-19-10/h1-5,8H,6-7,9H2. The van der Waals surface area contributed by atoms with Crippen molar-refractivity contribution in [3.8, 4) is 0 Å². The minimum absolute atomic E-state index is 0.527. The second-order valence-electron chi connectivity index (χ2n) is 4.24. The highest BCUT2D eigenvalue weighted by atomic mass is 35.5. The summed E-state index contributed by atoms with van der Waals surface area (Å²) >= 11 is 12.0. The molecular weight excluding hydrogens is 283 g/mol. The first-order chi connectivity index (χ1) is 9.29. The first kappa shape index (κ1) is 12.6. The number of benzene rings is 1. The zero-order valence-electron chi connectivity index (χ0n) is 10.1. The maximum absolute atomic E-state index is 6.19. The predicted octanol–water partition coefficient (Wildman–Crippen LogP) is 4.11. The van der Waals surface area contributed by atoms with Crippen molar-refractivity contribution in [2.24, 2.45) is 0 Å². The molecule has 0 N–H and O–H groups in total. The number of nitrogens with zero attached hydrogens (tertiary/aromatic N) is 2. The summed E-state index contributed by atoms with van der Waals surface area (Å²) in [5.41, 5.74) is 1.82. The molecule has 0 atom stereocenters. The molecule has 98 valence electrons. The van der Waals surface area contributed by atoms with E-state index < -0.39 is 0 Å². The number of halogens is 2. The Hall–Kier alpha value is -1.45. The van der Waals surface area contributed by atoms with Gasteiger partial charge in [0.2, 0.25) is 0 Å². The average Bonchev–Trinajstić information content (AvgIpc) is 3.01. The summed E-state index contributed by atoms with van der Waals surface area (Å²) in [7, 11) is 0. The molecule has 0 aliphatic rings. The summed E-state index contributed by atoms with van der Waals surface area (Å²) in [5, 5.41) is 0.659. The van der Waals surface area contributed by atoms with Crippen LogP contribution >= 0.6 is 23.2 Å². The van der Waals surface area contributed by atoms with Crippen LogP contribution in [0.15, 0.2) is 41.0 Å². The molecule has 5 heteroatoms. The molecular formula is C14H12Cl2N2O. The van der Waals surface area contributed by atoms with Gasteiger partial charge in [0, 0.05) is 12.3 Å². The minimum Gasteiger partial charge on any atom is -0.467 e. The first-order valence-corrected chi connectivity index (χ1v) is 6.93. The predicted molar refractivity (Wildman–Crippen MR) is 77.0 cm³/mol. The van der Waals surface area contributed by atoms with Crippen molar-refractivity contribution in [1.82, 2.24) is 9.55 Å². The van der Waals surface area contributed by atoms with E-state index in [-0.39, 0.29) is 0 Å². The summed E-state index contributed by atoms with van der Waals surface area (Å²) in [6.07, 6.45) is 2.37. The lowest BCUT2D eigenvalue weighted by Crippen LogP contribution is -2.05. The summed E-state index contributed by atoms with van der Waals surface area (Å²) in [4.78, 5) is 4.59. The zero-order chi connectivity index (χ0) is 13.2. The van der Waals surface area contributed by atoms with Crippen LogP contribution in [-0.2, 0) is 13.0 Å². The zero-order valence-corrected chi connectivity index (χ0v) is 11.7. The molecule has 1 aromatic carbocycles. The maximum atomic E-state index is 6.19. The van der Waals surface area contributed by atoms with Gasteiger partial charge in [0.1, 0.15) is 17.1 Å². The highest BCUT2D eigenvalue weighted by Gasteiger charge is 2.13. The number of rotatable bonds is 4. The lowest BCUT2D eigenvalue weighted by Gasteiger charge is -2.06. The van der Waals surface area contributed by atoms with Crippen LogP contribution in [0.3, 0.4) is 0 Å². The van der Waals surface area contributed by atoms with E-state index in [1.54, 1.807) is 6.26 Å². The van der Waals surface area contributed by atoms with E-state index in [9.17, 15) is 0 Å². The third kappa shape index (κ3) is 2.36. The molecule has 0 saturated heterocycles. The minimum atomic E-state index is 0.527. The molecule has 0 spiro atoms. The lowest BCUT2D eigenvalue weighted by atomic mass is 10.3. The number of hydrogen-bond donors (Lipinski definition) is 0. The molecule has 0 bridgehead atoms. The fourth-order valence-corrected chi connectivity index (χ4v) is 2.55. The van der Waals surface area contributed by atoms with Gasteiger partial charge < -0.3 is 8.98 Å². The Labute approximate surface area is 120 Å². The van der Waals surface area contributed by atoms with Crippen molar-refractivity contribution in [2.45, 2.75) is 13.0 Å². The number of furan rings is 1. The van der Waals surface area contributed by atoms with Gasteiger partial charge in [0.15, 0.2) is 0 Å². The van der Waals surface area contributed by atoms with Crippen LogP contribution in [0.5, 0.6) is 0 Å². The molecule has 0 aliphatic heterocycles. The van der Waals surface area contributed by atoms with Crippen LogP contribution in [0, 0.1) is 0 Å². The molecule has 3 aromatic rings. The second-order valence-corrected chi connectivity index (χ2v) is 5.03. The van der Waals surface area contributed by atoms with Gasteiger partial charge >= 0.3 is 0 Å². The van der Waals surface area contributed by atoms with Gasteiger partial charge in [0.05, 0.1) is 23.3 Å². The van der Waals surface area contributed by atoms with E-state index in [4.69, 9.17) is 27.6 Å². The van der Waals surface area contributed by atoms with Gasteiger partial charge in [-0.05, 0) is 24.3 Å². The molecule has 0 aliphatic carbocycles. The Morgan fingerprint density at radius 1 is 1.21 bits per heavy atom. The van der Waals surface area contributed by atoms with Crippen LogP contribution in [0.1, 0.15) is 11.6 Å². The molecule has 0 saturated carbocycles.